The van der Waals surface area contributed by atoms with Crippen LogP contribution in [0.1, 0.15) is 56.2 Å². The molecule has 2 aromatic heterocycles. The van der Waals surface area contributed by atoms with Gasteiger partial charge in [-0.25, -0.2) is 4.39 Å². The number of rotatable bonds is 5. The Bertz CT molecular complexity index is 1500. The molecule has 0 saturated heterocycles. The molecule has 4 nitrogen and oxygen atoms in total. The van der Waals surface area contributed by atoms with Gasteiger partial charge in [0, 0.05) is 22.0 Å². The van der Waals surface area contributed by atoms with E-state index in [-0.39, 0.29) is 11.7 Å². The minimum absolute atomic E-state index is 0.0933. The summed E-state index contributed by atoms with van der Waals surface area (Å²) < 4.78 is 15.5. The number of anilines is 1. The van der Waals surface area contributed by atoms with Crippen molar-refractivity contribution in [2.24, 2.45) is 0 Å². The standard InChI is InChI=1S/C30H26FN3OS/c1-19-16-22(17-23(18-32)21-12-14-24(31)15-13-21)20(2)34(19)30-28(26-10-6-7-11-27(26)36-30)29(35)33-25-8-4-3-5-9-25/h3-5,8-9,12-17H,6-7,10-11H2,1-2H3,(H,33,35)/b23-17-. The lowest BCUT2D eigenvalue weighted by Crippen LogP contribution is -2.17. The second-order valence-electron chi connectivity index (χ2n) is 9.05. The summed E-state index contributed by atoms with van der Waals surface area (Å²) in [6.45, 7) is 4.03. The summed E-state index contributed by atoms with van der Waals surface area (Å²) in [5.41, 5.74) is 6.64. The van der Waals surface area contributed by atoms with Crippen molar-refractivity contribution in [2.75, 3.05) is 5.32 Å². The topological polar surface area (TPSA) is 57.8 Å². The first-order chi connectivity index (χ1) is 17.5. The number of aromatic nitrogens is 1. The van der Waals surface area contributed by atoms with Crippen molar-refractivity contribution in [1.29, 1.82) is 5.26 Å². The van der Waals surface area contributed by atoms with E-state index in [0.29, 0.717) is 11.1 Å². The minimum atomic E-state index is -0.336. The Labute approximate surface area is 214 Å². The number of para-hydroxylation sites is 1. The fourth-order valence-electron chi connectivity index (χ4n) is 4.87. The van der Waals surface area contributed by atoms with Crippen molar-refractivity contribution in [3.8, 4) is 11.1 Å². The number of hydrogen-bond acceptors (Lipinski definition) is 3. The van der Waals surface area contributed by atoms with Crippen LogP contribution < -0.4 is 5.32 Å². The van der Waals surface area contributed by atoms with E-state index in [1.54, 1.807) is 23.5 Å². The summed E-state index contributed by atoms with van der Waals surface area (Å²) in [6.07, 6.45) is 5.94. The minimum Gasteiger partial charge on any atom is -0.322 e. The zero-order valence-electron chi connectivity index (χ0n) is 20.3. The van der Waals surface area contributed by atoms with Crippen LogP contribution in [0, 0.1) is 31.0 Å². The van der Waals surface area contributed by atoms with E-state index in [9.17, 15) is 14.4 Å². The molecule has 0 radical (unpaired) electrons. The molecule has 1 N–H and O–H groups in total. The van der Waals surface area contributed by atoms with Crippen LogP contribution in [0.4, 0.5) is 10.1 Å². The number of carbonyl (C=O) groups is 1. The van der Waals surface area contributed by atoms with Gasteiger partial charge in [0.15, 0.2) is 0 Å². The van der Waals surface area contributed by atoms with Crippen molar-refractivity contribution < 1.29 is 9.18 Å². The maximum Gasteiger partial charge on any atom is 0.258 e. The molecule has 1 amide bonds. The smallest absolute Gasteiger partial charge is 0.258 e. The van der Waals surface area contributed by atoms with E-state index in [1.807, 2.05) is 56.3 Å². The second kappa shape index (κ2) is 9.96. The molecule has 0 atom stereocenters. The molecule has 1 aliphatic rings. The third-order valence-corrected chi connectivity index (χ3v) is 7.94. The third-order valence-electron chi connectivity index (χ3n) is 6.66. The summed E-state index contributed by atoms with van der Waals surface area (Å²) in [6, 6.07) is 19.8. The van der Waals surface area contributed by atoms with Gasteiger partial charge in [0.2, 0.25) is 0 Å². The van der Waals surface area contributed by atoms with Gasteiger partial charge in [-0.15, -0.1) is 11.3 Å². The van der Waals surface area contributed by atoms with Gasteiger partial charge in [-0.05, 0) is 92.6 Å². The van der Waals surface area contributed by atoms with Gasteiger partial charge >= 0.3 is 0 Å². The van der Waals surface area contributed by atoms with Gasteiger partial charge < -0.3 is 9.88 Å². The number of nitriles is 1. The Hall–Kier alpha value is -3.95. The number of amides is 1. The molecule has 5 rings (SSSR count). The number of aryl methyl sites for hydroxylation is 2. The second-order valence-corrected chi connectivity index (χ2v) is 10.1. The largest absolute Gasteiger partial charge is 0.322 e. The normalized spacial score (nSPS) is 13.2. The van der Waals surface area contributed by atoms with Crippen molar-refractivity contribution in [3.05, 3.63) is 105 Å². The van der Waals surface area contributed by atoms with E-state index in [4.69, 9.17) is 0 Å². The summed E-state index contributed by atoms with van der Waals surface area (Å²) in [5.74, 6) is -0.429. The average molecular weight is 496 g/mol. The van der Waals surface area contributed by atoms with Crippen LogP contribution in [-0.2, 0) is 12.8 Å². The third kappa shape index (κ3) is 4.50. The fraction of sp³-hybridized carbons (Fsp3) is 0.200. The molecule has 0 unspecified atom stereocenters. The molecule has 36 heavy (non-hydrogen) atoms. The predicted molar refractivity (Wildman–Crippen MR) is 144 cm³/mol. The number of benzene rings is 2. The van der Waals surface area contributed by atoms with Gasteiger partial charge in [-0.2, -0.15) is 5.26 Å². The molecule has 4 aromatic rings. The summed E-state index contributed by atoms with van der Waals surface area (Å²) in [7, 11) is 0. The van der Waals surface area contributed by atoms with Crippen LogP contribution in [0.25, 0.3) is 16.7 Å². The van der Waals surface area contributed by atoms with Crippen LogP contribution in [-0.4, -0.2) is 10.5 Å². The first-order valence-electron chi connectivity index (χ1n) is 12.0. The molecule has 0 spiro atoms. The molecule has 0 bridgehead atoms. The molecule has 0 saturated carbocycles. The van der Waals surface area contributed by atoms with Crippen LogP contribution in [0.2, 0.25) is 0 Å². The van der Waals surface area contributed by atoms with Gasteiger partial charge in [0.1, 0.15) is 10.8 Å². The van der Waals surface area contributed by atoms with Gasteiger partial charge in [-0.3, -0.25) is 4.79 Å². The lowest BCUT2D eigenvalue weighted by atomic mass is 9.95. The first kappa shape index (κ1) is 23.8. The molecule has 1 aliphatic carbocycles. The number of nitrogens with zero attached hydrogens (tertiary/aromatic N) is 2. The number of hydrogen-bond donors (Lipinski definition) is 1. The molecule has 2 heterocycles. The first-order valence-corrected chi connectivity index (χ1v) is 12.9. The SMILES string of the molecule is Cc1cc(/C=C(/C#N)c2ccc(F)cc2)c(C)n1-c1sc2c(c1C(=O)Nc1ccccc1)CCCC2. The number of halogens is 1. The highest BCUT2D eigenvalue weighted by atomic mass is 32.1. The number of nitrogens with one attached hydrogen (secondary N) is 1. The van der Waals surface area contributed by atoms with Crippen molar-refractivity contribution in [1.82, 2.24) is 4.57 Å². The lowest BCUT2D eigenvalue weighted by Gasteiger charge is -2.14. The van der Waals surface area contributed by atoms with E-state index < -0.39 is 0 Å². The Morgan fingerprint density at radius 1 is 1.08 bits per heavy atom. The summed E-state index contributed by atoms with van der Waals surface area (Å²) >= 11 is 1.69. The summed E-state index contributed by atoms with van der Waals surface area (Å²) in [4.78, 5) is 14.9. The fourth-order valence-corrected chi connectivity index (χ4v) is 6.37. The number of carbonyl (C=O) groups excluding carboxylic acids is 1. The van der Waals surface area contributed by atoms with Crippen LogP contribution in [0.3, 0.4) is 0 Å². The van der Waals surface area contributed by atoms with E-state index in [1.165, 1.54) is 17.0 Å². The maximum atomic E-state index is 13.6. The van der Waals surface area contributed by atoms with Gasteiger partial charge in [0.25, 0.3) is 5.91 Å². The molecule has 0 fully saturated rings. The summed E-state index contributed by atoms with van der Waals surface area (Å²) in [5, 5.41) is 13.8. The zero-order chi connectivity index (χ0) is 25.2. The average Bonchev–Trinajstić information content (AvgIpc) is 3.39. The van der Waals surface area contributed by atoms with E-state index in [2.05, 4.69) is 16.0 Å². The molecular weight excluding hydrogens is 469 g/mol. The number of fused-ring (bicyclic) bond motifs is 1. The highest BCUT2D eigenvalue weighted by Gasteiger charge is 2.28. The van der Waals surface area contributed by atoms with E-state index >= 15 is 0 Å². The van der Waals surface area contributed by atoms with Crippen molar-refractivity contribution >= 4 is 34.6 Å². The van der Waals surface area contributed by atoms with Crippen molar-refractivity contribution in [3.63, 3.8) is 0 Å². The lowest BCUT2D eigenvalue weighted by molar-refractivity contribution is 0.102. The zero-order valence-corrected chi connectivity index (χ0v) is 21.1. The molecule has 2 aromatic carbocycles. The molecular formula is C30H26FN3OS. The number of thiophene rings is 1. The highest BCUT2D eigenvalue weighted by Crippen LogP contribution is 2.39. The Morgan fingerprint density at radius 3 is 2.53 bits per heavy atom. The molecule has 6 heteroatoms. The highest BCUT2D eigenvalue weighted by molar-refractivity contribution is 7.15. The van der Waals surface area contributed by atoms with E-state index in [0.717, 1.165) is 64.4 Å². The van der Waals surface area contributed by atoms with Gasteiger partial charge in [-0.1, -0.05) is 30.3 Å². The van der Waals surface area contributed by atoms with Crippen LogP contribution >= 0.6 is 11.3 Å². The maximum absolute atomic E-state index is 13.6. The van der Waals surface area contributed by atoms with Crippen molar-refractivity contribution in [2.45, 2.75) is 39.5 Å². The molecule has 0 aliphatic heterocycles. The van der Waals surface area contributed by atoms with Gasteiger partial charge in [0.05, 0.1) is 17.2 Å². The Morgan fingerprint density at radius 2 is 1.81 bits per heavy atom. The Balaban J connectivity index is 1.60. The van der Waals surface area contributed by atoms with Crippen LogP contribution in [0.5, 0.6) is 0 Å². The molecule has 180 valence electrons. The monoisotopic (exact) mass is 495 g/mol. The van der Waals surface area contributed by atoms with Crippen LogP contribution in [0.15, 0.2) is 60.7 Å². The Kier molecular flexibility index (Phi) is 6.58. The predicted octanol–water partition coefficient (Wildman–Crippen LogP) is 7.49. The number of allylic oxidation sites excluding steroid dienone is 1. The quantitative estimate of drug-likeness (QED) is 0.292.